The summed E-state index contributed by atoms with van der Waals surface area (Å²) in [4.78, 5) is 2.11. The Bertz CT molecular complexity index is 133. The molecular weight excluding hydrogens is 171 g/mol. The summed E-state index contributed by atoms with van der Waals surface area (Å²) in [6, 6.07) is 0. The van der Waals surface area contributed by atoms with Crippen molar-refractivity contribution in [3.63, 3.8) is 0 Å². The van der Waals surface area contributed by atoms with Crippen molar-refractivity contribution in [1.82, 2.24) is 4.90 Å². The van der Waals surface area contributed by atoms with Crippen LogP contribution in [0.5, 0.6) is 0 Å². The van der Waals surface area contributed by atoms with Gasteiger partial charge in [-0.2, -0.15) is 0 Å². The number of nitrogens with zero attached hydrogens (tertiary/aromatic N) is 1. The first-order valence-corrected chi connectivity index (χ1v) is 4.01. The molecule has 0 spiro atoms. The molecule has 5 heteroatoms. The van der Waals surface area contributed by atoms with E-state index in [9.17, 15) is 13.2 Å². The van der Waals surface area contributed by atoms with Crippen LogP contribution >= 0.6 is 0 Å². The fraction of sp³-hybridized carbons (Fsp3) is 1.00. The second-order valence-corrected chi connectivity index (χ2v) is 2.84. The third-order valence-electron chi connectivity index (χ3n) is 1.83. The van der Waals surface area contributed by atoms with Crippen LogP contribution in [0.15, 0.2) is 0 Å². The Morgan fingerprint density at radius 3 is 2.33 bits per heavy atom. The van der Waals surface area contributed by atoms with Gasteiger partial charge in [0.05, 0.1) is 6.61 Å². The zero-order chi connectivity index (χ0) is 9.03. The normalized spacial score (nSPS) is 19.2. The molecule has 0 aliphatic carbocycles. The van der Waals surface area contributed by atoms with E-state index in [1.165, 1.54) is 6.42 Å². The van der Waals surface area contributed by atoms with Gasteiger partial charge in [-0.15, -0.1) is 13.2 Å². The maximum atomic E-state index is 11.4. The highest BCUT2D eigenvalue weighted by Crippen LogP contribution is 2.16. The Labute approximate surface area is 69.3 Å². The highest BCUT2D eigenvalue weighted by molar-refractivity contribution is 4.67. The van der Waals surface area contributed by atoms with Gasteiger partial charge in [-0.25, -0.2) is 0 Å². The Morgan fingerprint density at radius 1 is 1.25 bits per heavy atom. The first kappa shape index (κ1) is 9.80. The highest BCUT2D eigenvalue weighted by Gasteiger charge is 2.28. The molecular formula is C7H12F3NO. The van der Waals surface area contributed by atoms with E-state index in [0.717, 1.165) is 19.6 Å². The second kappa shape index (κ2) is 4.09. The first-order valence-electron chi connectivity index (χ1n) is 4.01. The lowest BCUT2D eigenvalue weighted by Crippen LogP contribution is -2.38. The van der Waals surface area contributed by atoms with E-state index in [2.05, 4.69) is 9.64 Å². The Kier molecular flexibility index (Phi) is 3.34. The molecule has 1 fully saturated rings. The molecule has 1 saturated heterocycles. The zero-order valence-corrected chi connectivity index (χ0v) is 6.73. The maximum absolute atomic E-state index is 11.4. The van der Waals surface area contributed by atoms with Gasteiger partial charge in [0, 0.05) is 6.54 Å². The second-order valence-electron chi connectivity index (χ2n) is 2.84. The monoisotopic (exact) mass is 183 g/mol. The lowest BCUT2D eigenvalue weighted by molar-refractivity contribution is -0.324. The minimum atomic E-state index is -4.46. The van der Waals surface area contributed by atoms with E-state index in [1.807, 2.05) is 0 Å². The third kappa shape index (κ3) is 3.92. The minimum absolute atomic E-state index is 0.222. The SMILES string of the molecule is FC(F)(F)OCCCN1CCC1. The Balaban J connectivity index is 1.88. The average molecular weight is 183 g/mol. The number of halogens is 3. The van der Waals surface area contributed by atoms with Gasteiger partial charge in [-0.05, 0) is 25.9 Å². The number of likely N-dealkylation sites (tertiary alicyclic amines) is 1. The van der Waals surface area contributed by atoms with Crippen molar-refractivity contribution in [3.8, 4) is 0 Å². The minimum Gasteiger partial charge on any atom is -0.303 e. The lowest BCUT2D eigenvalue weighted by Gasteiger charge is -2.30. The molecule has 0 aromatic rings. The molecule has 12 heavy (non-hydrogen) atoms. The fourth-order valence-electron chi connectivity index (χ4n) is 1.08. The Hall–Kier alpha value is -0.290. The van der Waals surface area contributed by atoms with Crippen LogP contribution in [-0.4, -0.2) is 37.5 Å². The fourth-order valence-corrected chi connectivity index (χ4v) is 1.08. The molecule has 0 unspecified atom stereocenters. The predicted octanol–water partition coefficient (Wildman–Crippen LogP) is 1.62. The van der Waals surface area contributed by atoms with Gasteiger partial charge in [0.15, 0.2) is 0 Å². The molecule has 0 atom stereocenters. The van der Waals surface area contributed by atoms with Crippen molar-refractivity contribution in [2.75, 3.05) is 26.2 Å². The van der Waals surface area contributed by atoms with E-state index in [4.69, 9.17) is 0 Å². The Morgan fingerprint density at radius 2 is 1.92 bits per heavy atom. The zero-order valence-electron chi connectivity index (χ0n) is 6.73. The van der Waals surface area contributed by atoms with Crippen LogP contribution in [0.2, 0.25) is 0 Å². The van der Waals surface area contributed by atoms with Crippen LogP contribution in [0, 0.1) is 0 Å². The summed E-state index contributed by atoms with van der Waals surface area (Å²) in [6.45, 7) is 2.54. The van der Waals surface area contributed by atoms with Crippen molar-refractivity contribution in [2.24, 2.45) is 0 Å². The number of ether oxygens (including phenoxy) is 1. The molecule has 0 bridgehead atoms. The van der Waals surface area contributed by atoms with Crippen molar-refractivity contribution in [2.45, 2.75) is 19.2 Å². The quantitative estimate of drug-likeness (QED) is 0.614. The van der Waals surface area contributed by atoms with Gasteiger partial charge in [0.25, 0.3) is 0 Å². The van der Waals surface area contributed by atoms with Crippen molar-refractivity contribution in [1.29, 1.82) is 0 Å². The molecule has 0 aromatic carbocycles. The number of rotatable bonds is 4. The molecule has 0 amide bonds. The lowest BCUT2D eigenvalue weighted by atomic mass is 10.2. The standard InChI is InChI=1S/C7H12F3NO/c8-7(9,10)12-6-2-5-11-3-1-4-11/h1-6H2. The van der Waals surface area contributed by atoms with Crippen molar-refractivity contribution in [3.05, 3.63) is 0 Å². The summed E-state index contributed by atoms with van der Waals surface area (Å²) in [7, 11) is 0. The molecule has 2 nitrogen and oxygen atoms in total. The molecule has 1 aliphatic heterocycles. The van der Waals surface area contributed by atoms with E-state index in [-0.39, 0.29) is 6.61 Å². The molecule has 0 saturated carbocycles. The molecule has 72 valence electrons. The van der Waals surface area contributed by atoms with Crippen LogP contribution in [0.1, 0.15) is 12.8 Å². The summed E-state index contributed by atoms with van der Waals surface area (Å²) < 4.78 is 37.9. The van der Waals surface area contributed by atoms with E-state index in [1.54, 1.807) is 0 Å². The summed E-state index contributed by atoms with van der Waals surface area (Å²) >= 11 is 0. The number of hydrogen-bond donors (Lipinski definition) is 0. The summed E-state index contributed by atoms with van der Waals surface area (Å²) in [5.41, 5.74) is 0. The van der Waals surface area contributed by atoms with Gasteiger partial charge in [-0.1, -0.05) is 0 Å². The predicted molar refractivity (Wildman–Crippen MR) is 37.7 cm³/mol. The molecule has 0 aromatic heterocycles. The van der Waals surface area contributed by atoms with Gasteiger partial charge in [-0.3, -0.25) is 4.74 Å². The van der Waals surface area contributed by atoms with Crippen molar-refractivity contribution < 1.29 is 17.9 Å². The van der Waals surface area contributed by atoms with Crippen LogP contribution in [0.4, 0.5) is 13.2 Å². The third-order valence-corrected chi connectivity index (χ3v) is 1.83. The van der Waals surface area contributed by atoms with Crippen molar-refractivity contribution >= 4 is 0 Å². The molecule has 0 N–H and O–H groups in total. The van der Waals surface area contributed by atoms with Gasteiger partial charge in [0.1, 0.15) is 0 Å². The van der Waals surface area contributed by atoms with E-state index < -0.39 is 6.36 Å². The maximum Gasteiger partial charge on any atom is 0.522 e. The van der Waals surface area contributed by atoms with E-state index >= 15 is 0 Å². The molecule has 1 aliphatic rings. The van der Waals surface area contributed by atoms with Crippen LogP contribution in [0.25, 0.3) is 0 Å². The largest absolute Gasteiger partial charge is 0.522 e. The van der Waals surface area contributed by atoms with Gasteiger partial charge >= 0.3 is 6.36 Å². The smallest absolute Gasteiger partial charge is 0.303 e. The topological polar surface area (TPSA) is 12.5 Å². The highest BCUT2D eigenvalue weighted by atomic mass is 19.4. The molecule has 1 rings (SSSR count). The number of alkyl halides is 3. The molecule has 1 heterocycles. The summed E-state index contributed by atoms with van der Waals surface area (Å²) in [5, 5.41) is 0. The first-order chi connectivity index (χ1) is 5.58. The van der Waals surface area contributed by atoms with Gasteiger partial charge < -0.3 is 4.90 Å². The van der Waals surface area contributed by atoms with Gasteiger partial charge in [0.2, 0.25) is 0 Å². The molecule has 0 radical (unpaired) electrons. The summed E-state index contributed by atoms with van der Waals surface area (Å²) in [6.07, 6.45) is -2.84. The average Bonchev–Trinajstić information content (AvgIpc) is 1.80. The van der Waals surface area contributed by atoms with Crippen LogP contribution in [-0.2, 0) is 4.74 Å². The summed E-state index contributed by atoms with van der Waals surface area (Å²) in [5.74, 6) is 0. The van der Waals surface area contributed by atoms with Crippen LogP contribution < -0.4 is 0 Å². The number of hydrogen-bond acceptors (Lipinski definition) is 2. The van der Waals surface area contributed by atoms with E-state index in [0.29, 0.717) is 6.42 Å². The van der Waals surface area contributed by atoms with Crippen LogP contribution in [0.3, 0.4) is 0 Å².